The van der Waals surface area contributed by atoms with E-state index in [9.17, 15) is 9.59 Å². The van der Waals surface area contributed by atoms with E-state index in [0.29, 0.717) is 16.5 Å². The molecule has 0 saturated carbocycles. The zero-order chi connectivity index (χ0) is 14.7. The molecule has 7 nitrogen and oxygen atoms in total. The average Bonchev–Trinajstić information content (AvgIpc) is 2.77. The van der Waals surface area contributed by atoms with Gasteiger partial charge in [-0.2, -0.15) is 0 Å². The van der Waals surface area contributed by atoms with Gasteiger partial charge in [-0.15, -0.1) is 5.10 Å². The summed E-state index contributed by atoms with van der Waals surface area (Å²) in [6.45, 7) is 0. The smallest absolute Gasteiger partial charge is 0.348 e. The molecule has 0 radical (unpaired) electrons. The van der Waals surface area contributed by atoms with Crippen molar-refractivity contribution in [1.29, 1.82) is 0 Å². The summed E-state index contributed by atoms with van der Waals surface area (Å²) in [5, 5.41) is 15.3. The van der Waals surface area contributed by atoms with Crippen molar-refractivity contribution in [2.45, 2.75) is 5.16 Å². The molecule has 1 aromatic heterocycles. The summed E-state index contributed by atoms with van der Waals surface area (Å²) >= 11 is 6.94. The van der Waals surface area contributed by atoms with Crippen molar-refractivity contribution >= 4 is 29.3 Å². The third-order valence-electron chi connectivity index (χ3n) is 2.36. The summed E-state index contributed by atoms with van der Waals surface area (Å²) < 4.78 is 6.28. The van der Waals surface area contributed by atoms with Crippen LogP contribution >= 0.6 is 23.4 Å². The van der Waals surface area contributed by atoms with Crippen LogP contribution in [0.15, 0.2) is 28.2 Å². The predicted molar refractivity (Wildman–Crippen MR) is 74.1 cm³/mol. The molecule has 2 N–H and O–H groups in total. The van der Waals surface area contributed by atoms with Gasteiger partial charge in [0.15, 0.2) is 5.16 Å². The lowest BCUT2D eigenvalue weighted by atomic mass is 10.3. The summed E-state index contributed by atoms with van der Waals surface area (Å²) in [7, 11) is 1.49. The first-order valence-corrected chi connectivity index (χ1v) is 6.75. The molecule has 20 heavy (non-hydrogen) atoms. The van der Waals surface area contributed by atoms with Gasteiger partial charge in [0, 0.05) is 0 Å². The van der Waals surface area contributed by atoms with Crippen LogP contribution in [0, 0.1) is 0 Å². The number of hydrogen-bond donors (Lipinski definition) is 2. The molecule has 2 rings (SSSR count). The van der Waals surface area contributed by atoms with Crippen molar-refractivity contribution in [1.82, 2.24) is 14.8 Å². The largest absolute Gasteiger partial charge is 0.495 e. The molecule has 0 spiro atoms. The highest BCUT2D eigenvalue weighted by molar-refractivity contribution is 7.99. The highest BCUT2D eigenvalue weighted by Gasteiger charge is 2.14. The summed E-state index contributed by atoms with van der Waals surface area (Å²) in [4.78, 5) is 22.3. The van der Waals surface area contributed by atoms with Gasteiger partial charge in [0.2, 0.25) is 0 Å². The number of aromatic amines is 1. The van der Waals surface area contributed by atoms with Gasteiger partial charge < -0.3 is 9.84 Å². The number of halogens is 1. The minimum Gasteiger partial charge on any atom is -0.495 e. The lowest BCUT2D eigenvalue weighted by molar-refractivity contribution is -0.133. The summed E-state index contributed by atoms with van der Waals surface area (Å²) in [5.74, 6) is -0.717. The Balaban J connectivity index is 2.41. The molecule has 0 amide bonds. The van der Waals surface area contributed by atoms with E-state index in [2.05, 4.69) is 10.2 Å². The topological polar surface area (TPSA) is 97.2 Å². The van der Waals surface area contributed by atoms with Gasteiger partial charge in [-0.05, 0) is 18.2 Å². The van der Waals surface area contributed by atoms with Gasteiger partial charge >= 0.3 is 11.7 Å². The average molecular weight is 316 g/mol. The van der Waals surface area contributed by atoms with Crippen LogP contribution < -0.4 is 10.4 Å². The van der Waals surface area contributed by atoms with Crippen molar-refractivity contribution in [3.05, 3.63) is 33.7 Å². The van der Waals surface area contributed by atoms with Crippen LogP contribution in [0.5, 0.6) is 5.75 Å². The molecule has 1 aromatic carbocycles. The highest BCUT2D eigenvalue weighted by atomic mass is 35.5. The second-order valence-corrected chi connectivity index (χ2v) is 5.00. The zero-order valence-corrected chi connectivity index (χ0v) is 11.9. The molecular formula is C11H10ClN3O4S. The minimum atomic E-state index is -0.996. The number of hydrogen-bond acceptors (Lipinski definition) is 5. The lowest BCUT2D eigenvalue weighted by Gasteiger charge is -2.07. The van der Waals surface area contributed by atoms with Crippen molar-refractivity contribution < 1.29 is 14.6 Å². The molecule has 1 heterocycles. The number of aromatic nitrogens is 3. The predicted octanol–water partition coefficient (Wildman–Crippen LogP) is 1.40. The zero-order valence-electron chi connectivity index (χ0n) is 10.3. The fourth-order valence-corrected chi connectivity index (χ4v) is 2.46. The van der Waals surface area contributed by atoms with Crippen LogP contribution in [0.4, 0.5) is 0 Å². The number of H-pyrrole nitrogens is 1. The maximum Gasteiger partial charge on any atom is 0.348 e. The van der Waals surface area contributed by atoms with Gasteiger partial charge in [0.05, 0.1) is 23.6 Å². The van der Waals surface area contributed by atoms with E-state index >= 15 is 0 Å². The number of ether oxygens (including phenoxy) is 1. The number of nitrogens with zero attached hydrogens (tertiary/aromatic N) is 2. The first kappa shape index (κ1) is 14.5. The Bertz CT molecular complexity index is 697. The van der Waals surface area contributed by atoms with E-state index in [1.807, 2.05) is 0 Å². The minimum absolute atomic E-state index is 0.200. The monoisotopic (exact) mass is 315 g/mol. The number of rotatable bonds is 5. The number of aliphatic carboxylic acids is 1. The molecule has 0 saturated heterocycles. The molecular weight excluding hydrogens is 306 g/mol. The molecule has 0 atom stereocenters. The number of nitrogens with one attached hydrogen (secondary N) is 1. The fraction of sp³-hybridized carbons (Fsp3) is 0.182. The maximum absolute atomic E-state index is 11.8. The Kier molecular flexibility index (Phi) is 4.35. The Labute approximate surface area is 122 Å². The SMILES string of the molecule is COc1ccc(-n2c(SCC(=O)O)n[nH]c2=O)cc1Cl. The van der Waals surface area contributed by atoms with E-state index < -0.39 is 11.7 Å². The molecule has 0 aliphatic rings. The number of carbonyl (C=O) groups is 1. The second-order valence-electron chi connectivity index (χ2n) is 3.65. The lowest BCUT2D eigenvalue weighted by Crippen LogP contribution is -2.16. The Morgan fingerprint density at radius 2 is 2.35 bits per heavy atom. The van der Waals surface area contributed by atoms with Crippen molar-refractivity contribution in [2.24, 2.45) is 0 Å². The van der Waals surface area contributed by atoms with E-state index in [1.54, 1.807) is 18.2 Å². The highest BCUT2D eigenvalue weighted by Crippen LogP contribution is 2.27. The first-order valence-electron chi connectivity index (χ1n) is 5.39. The van der Waals surface area contributed by atoms with Crippen molar-refractivity contribution in [3.63, 3.8) is 0 Å². The van der Waals surface area contributed by atoms with Crippen molar-refractivity contribution in [2.75, 3.05) is 12.9 Å². The maximum atomic E-state index is 11.8. The summed E-state index contributed by atoms with van der Waals surface area (Å²) in [6, 6.07) is 4.79. The van der Waals surface area contributed by atoms with Gasteiger partial charge in [0.1, 0.15) is 5.75 Å². The van der Waals surface area contributed by atoms with E-state index in [1.165, 1.54) is 11.7 Å². The van der Waals surface area contributed by atoms with Crippen LogP contribution in [0.2, 0.25) is 5.02 Å². The third kappa shape index (κ3) is 2.97. The van der Waals surface area contributed by atoms with Crippen LogP contribution in [0.3, 0.4) is 0 Å². The molecule has 0 fully saturated rings. The van der Waals surface area contributed by atoms with E-state index in [4.69, 9.17) is 21.4 Å². The first-order chi connectivity index (χ1) is 9.52. The number of carboxylic acid groups (broad SMARTS) is 1. The van der Waals surface area contributed by atoms with Crippen molar-refractivity contribution in [3.8, 4) is 11.4 Å². The molecule has 0 aliphatic carbocycles. The molecule has 2 aromatic rings. The molecule has 0 aliphatic heterocycles. The van der Waals surface area contributed by atoms with Gasteiger partial charge in [-0.1, -0.05) is 23.4 Å². The Morgan fingerprint density at radius 3 is 2.95 bits per heavy atom. The summed E-state index contributed by atoms with van der Waals surface area (Å²) in [5.41, 5.74) is 0.00145. The van der Waals surface area contributed by atoms with Gasteiger partial charge in [-0.25, -0.2) is 14.5 Å². The van der Waals surface area contributed by atoms with E-state index in [0.717, 1.165) is 11.8 Å². The van der Waals surface area contributed by atoms with Gasteiger partial charge in [0.25, 0.3) is 0 Å². The standard InChI is InChI=1S/C11H10ClN3O4S/c1-19-8-3-2-6(4-7(8)12)15-10(18)13-14-11(15)20-5-9(16)17/h2-4H,5H2,1H3,(H,13,18)(H,16,17). The quantitative estimate of drug-likeness (QED) is 0.809. The van der Waals surface area contributed by atoms with Gasteiger partial charge in [-0.3, -0.25) is 4.79 Å². The van der Waals surface area contributed by atoms with Crippen LogP contribution in [0.1, 0.15) is 0 Å². The molecule has 106 valence electrons. The van der Waals surface area contributed by atoms with Crippen LogP contribution in [-0.4, -0.2) is 38.7 Å². The van der Waals surface area contributed by atoms with Crippen LogP contribution in [-0.2, 0) is 4.79 Å². The number of methoxy groups -OCH3 is 1. The normalized spacial score (nSPS) is 10.5. The van der Waals surface area contributed by atoms with E-state index in [-0.39, 0.29) is 10.9 Å². The Morgan fingerprint density at radius 1 is 1.60 bits per heavy atom. The molecule has 0 unspecified atom stereocenters. The number of carboxylic acids is 1. The third-order valence-corrected chi connectivity index (χ3v) is 3.58. The fourth-order valence-electron chi connectivity index (χ4n) is 1.53. The number of benzene rings is 1. The second kappa shape index (κ2) is 6.02. The van der Waals surface area contributed by atoms with Crippen LogP contribution in [0.25, 0.3) is 5.69 Å². The molecule has 9 heteroatoms. The Hall–Kier alpha value is -1.93. The molecule has 0 bridgehead atoms. The summed E-state index contributed by atoms with van der Waals surface area (Å²) in [6.07, 6.45) is 0. The number of thioether (sulfide) groups is 1.